The number of benzene rings is 2. The van der Waals surface area contributed by atoms with Crippen LogP contribution in [0.4, 0.5) is 8.78 Å². The van der Waals surface area contributed by atoms with Crippen LogP contribution >= 0.6 is 0 Å². The third kappa shape index (κ3) is 3.67. The van der Waals surface area contributed by atoms with Crippen molar-refractivity contribution in [2.45, 2.75) is 20.0 Å². The minimum absolute atomic E-state index is 0.000463. The van der Waals surface area contributed by atoms with E-state index in [9.17, 15) is 13.6 Å². The summed E-state index contributed by atoms with van der Waals surface area (Å²) in [7, 11) is 0. The Morgan fingerprint density at radius 2 is 2.00 bits per heavy atom. The second kappa shape index (κ2) is 6.81. The van der Waals surface area contributed by atoms with Crippen LogP contribution in [0.1, 0.15) is 40.4 Å². The van der Waals surface area contributed by atoms with Gasteiger partial charge in [0.25, 0.3) is 6.43 Å². The molecular formula is C17H13F2NO2. The maximum absolute atomic E-state index is 12.9. The van der Waals surface area contributed by atoms with E-state index in [-0.39, 0.29) is 23.7 Å². The fourth-order valence-corrected chi connectivity index (χ4v) is 2.00. The molecule has 2 rings (SSSR count). The predicted octanol–water partition coefficient (Wildman–Crippen LogP) is 4.28. The van der Waals surface area contributed by atoms with Crippen LogP contribution in [0.2, 0.25) is 0 Å². The summed E-state index contributed by atoms with van der Waals surface area (Å²) in [5.74, 6) is -0.0874. The van der Waals surface area contributed by atoms with Gasteiger partial charge in [0.15, 0.2) is 5.78 Å². The normalized spacial score (nSPS) is 10.3. The van der Waals surface area contributed by atoms with Crippen LogP contribution in [-0.2, 0) is 6.61 Å². The highest BCUT2D eigenvalue weighted by atomic mass is 19.3. The smallest absolute Gasteiger partial charge is 0.267 e. The molecule has 0 fully saturated rings. The molecule has 22 heavy (non-hydrogen) atoms. The summed E-state index contributed by atoms with van der Waals surface area (Å²) in [6.45, 7) is 1.40. The molecule has 3 nitrogen and oxygen atoms in total. The van der Waals surface area contributed by atoms with Crippen molar-refractivity contribution in [1.82, 2.24) is 0 Å². The molecule has 0 N–H and O–H groups in total. The minimum atomic E-state index is -2.63. The molecule has 0 radical (unpaired) electrons. The number of carbonyl (C=O) groups is 1. The Bertz CT molecular complexity index is 736. The van der Waals surface area contributed by atoms with Gasteiger partial charge in [0.1, 0.15) is 12.4 Å². The van der Waals surface area contributed by atoms with Crippen LogP contribution < -0.4 is 4.74 Å². The first kappa shape index (κ1) is 15.6. The van der Waals surface area contributed by atoms with E-state index >= 15 is 0 Å². The first-order valence-electron chi connectivity index (χ1n) is 6.56. The summed E-state index contributed by atoms with van der Waals surface area (Å²) >= 11 is 0. The number of para-hydroxylation sites is 1. The molecule has 0 spiro atoms. The Labute approximate surface area is 126 Å². The largest absolute Gasteiger partial charge is 0.488 e. The molecule has 0 saturated heterocycles. The van der Waals surface area contributed by atoms with E-state index < -0.39 is 6.43 Å². The second-order valence-corrected chi connectivity index (χ2v) is 4.71. The highest BCUT2D eigenvalue weighted by Gasteiger charge is 2.13. The van der Waals surface area contributed by atoms with E-state index in [0.717, 1.165) is 0 Å². The molecule has 112 valence electrons. The third-order valence-electron chi connectivity index (χ3n) is 3.08. The molecule has 0 unspecified atom stereocenters. The SMILES string of the molecule is CC(=O)c1cc(C#N)cc(COc2ccccc2C(F)F)c1. The molecule has 0 heterocycles. The minimum Gasteiger partial charge on any atom is -0.488 e. The lowest BCUT2D eigenvalue weighted by Gasteiger charge is -2.11. The molecule has 0 saturated carbocycles. The lowest BCUT2D eigenvalue weighted by molar-refractivity contribution is 0.101. The van der Waals surface area contributed by atoms with Gasteiger partial charge in [0.2, 0.25) is 0 Å². The molecule has 0 amide bonds. The van der Waals surface area contributed by atoms with Crippen molar-refractivity contribution in [1.29, 1.82) is 5.26 Å². The number of halogens is 2. The van der Waals surface area contributed by atoms with Crippen molar-refractivity contribution >= 4 is 5.78 Å². The predicted molar refractivity (Wildman–Crippen MR) is 76.9 cm³/mol. The molecule has 0 atom stereocenters. The van der Waals surface area contributed by atoms with Crippen LogP contribution in [-0.4, -0.2) is 5.78 Å². The van der Waals surface area contributed by atoms with Crippen LogP contribution in [0.3, 0.4) is 0 Å². The van der Waals surface area contributed by atoms with Gasteiger partial charge in [-0.2, -0.15) is 5.26 Å². The zero-order valence-corrected chi connectivity index (χ0v) is 11.8. The first-order valence-corrected chi connectivity index (χ1v) is 6.56. The number of Topliss-reactive ketones (excluding diaryl/α,β-unsaturated/α-hetero) is 1. The highest BCUT2D eigenvalue weighted by Crippen LogP contribution is 2.29. The van der Waals surface area contributed by atoms with Crippen molar-refractivity contribution in [3.63, 3.8) is 0 Å². The van der Waals surface area contributed by atoms with Crippen molar-refractivity contribution < 1.29 is 18.3 Å². The fourth-order valence-electron chi connectivity index (χ4n) is 2.00. The maximum Gasteiger partial charge on any atom is 0.267 e. The Hall–Kier alpha value is -2.74. The van der Waals surface area contributed by atoms with Crippen molar-refractivity contribution in [2.75, 3.05) is 0 Å². The van der Waals surface area contributed by atoms with Gasteiger partial charge >= 0.3 is 0 Å². The summed E-state index contributed by atoms with van der Waals surface area (Å²) in [5.41, 5.74) is 1.10. The monoisotopic (exact) mass is 301 g/mol. The maximum atomic E-state index is 12.9. The van der Waals surface area contributed by atoms with Gasteiger partial charge in [-0.25, -0.2) is 8.78 Å². The molecule has 0 aliphatic heterocycles. The molecule has 2 aromatic carbocycles. The number of nitrogens with zero attached hydrogens (tertiary/aromatic N) is 1. The lowest BCUT2D eigenvalue weighted by Crippen LogP contribution is -2.02. The van der Waals surface area contributed by atoms with Crippen molar-refractivity contribution in [3.8, 4) is 11.8 Å². The number of alkyl halides is 2. The Kier molecular flexibility index (Phi) is 4.84. The Morgan fingerprint density at radius 1 is 1.27 bits per heavy atom. The second-order valence-electron chi connectivity index (χ2n) is 4.71. The quantitative estimate of drug-likeness (QED) is 0.775. The van der Waals surface area contributed by atoms with Gasteiger partial charge in [-0.1, -0.05) is 12.1 Å². The number of carbonyl (C=O) groups excluding carboxylic acids is 1. The summed E-state index contributed by atoms with van der Waals surface area (Å²) in [5, 5.41) is 8.97. The van der Waals surface area contributed by atoms with E-state index in [2.05, 4.69) is 0 Å². The van der Waals surface area contributed by atoms with Gasteiger partial charge in [0.05, 0.1) is 17.2 Å². The summed E-state index contributed by atoms with van der Waals surface area (Å²) in [6, 6.07) is 12.5. The summed E-state index contributed by atoms with van der Waals surface area (Å²) in [6.07, 6.45) is -2.63. The van der Waals surface area contributed by atoms with E-state index in [4.69, 9.17) is 10.00 Å². The van der Waals surface area contributed by atoms with Crippen molar-refractivity contribution in [3.05, 3.63) is 64.7 Å². The van der Waals surface area contributed by atoms with Crippen LogP contribution in [0.25, 0.3) is 0 Å². The van der Waals surface area contributed by atoms with Crippen molar-refractivity contribution in [2.24, 2.45) is 0 Å². The number of hydrogen-bond acceptors (Lipinski definition) is 3. The zero-order valence-electron chi connectivity index (χ0n) is 11.8. The van der Waals surface area contributed by atoms with Crippen LogP contribution in [0, 0.1) is 11.3 Å². The molecule has 2 aromatic rings. The highest BCUT2D eigenvalue weighted by molar-refractivity contribution is 5.94. The van der Waals surface area contributed by atoms with Crippen LogP contribution in [0.5, 0.6) is 5.75 Å². The number of ketones is 1. The van der Waals surface area contributed by atoms with Gasteiger partial charge in [-0.15, -0.1) is 0 Å². The van der Waals surface area contributed by atoms with Gasteiger partial charge < -0.3 is 4.74 Å². The van der Waals surface area contributed by atoms with Gasteiger partial charge in [-0.3, -0.25) is 4.79 Å². The van der Waals surface area contributed by atoms with E-state index in [1.165, 1.54) is 31.2 Å². The average Bonchev–Trinajstić information content (AvgIpc) is 2.52. The molecule has 0 aliphatic carbocycles. The number of rotatable bonds is 5. The molecule has 0 aliphatic rings. The van der Waals surface area contributed by atoms with E-state index in [0.29, 0.717) is 16.7 Å². The van der Waals surface area contributed by atoms with Gasteiger partial charge in [-0.05, 0) is 42.8 Å². The summed E-state index contributed by atoms with van der Waals surface area (Å²) < 4.78 is 31.2. The Balaban J connectivity index is 2.24. The summed E-state index contributed by atoms with van der Waals surface area (Å²) in [4.78, 5) is 11.4. The molecule has 5 heteroatoms. The third-order valence-corrected chi connectivity index (χ3v) is 3.08. The Morgan fingerprint density at radius 3 is 2.64 bits per heavy atom. The molecule has 0 aromatic heterocycles. The standard InChI is InChI=1S/C17H13F2NO2/c1-11(21)14-7-12(9-20)6-13(8-14)10-22-16-5-3-2-4-15(16)17(18)19/h2-8,17H,10H2,1H3. The zero-order chi connectivity index (χ0) is 16.1. The average molecular weight is 301 g/mol. The molecule has 0 bridgehead atoms. The topological polar surface area (TPSA) is 50.1 Å². The van der Waals surface area contributed by atoms with E-state index in [1.807, 2.05) is 6.07 Å². The van der Waals surface area contributed by atoms with E-state index in [1.54, 1.807) is 18.2 Å². The van der Waals surface area contributed by atoms with Gasteiger partial charge in [0, 0.05) is 5.56 Å². The number of nitriles is 1. The number of ether oxygens (including phenoxy) is 1. The molecular weight excluding hydrogens is 288 g/mol. The lowest BCUT2D eigenvalue weighted by atomic mass is 10.0. The number of hydrogen-bond donors (Lipinski definition) is 0. The fraction of sp³-hybridized carbons (Fsp3) is 0.176. The van der Waals surface area contributed by atoms with Crippen LogP contribution in [0.15, 0.2) is 42.5 Å². The first-order chi connectivity index (χ1) is 10.5.